The minimum absolute atomic E-state index is 0.218. The first-order chi connectivity index (χ1) is 8.03. The molecular formula is C14H17ClFN. The summed E-state index contributed by atoms with van der Waals surface area (Å²) in [5.74, 6) is 1.28. The lowest BCUT2D eigenvalue weighted by Crippen LogP contribution is -2.23. The van der Waals surface area contributed by atoms with E-state index in [0.717, 1.165) is 30.4 Å². The molecule has 1 heterocycles. The summed E-state index contributed by atoms with van der Waals surface area (Å²) >= 11 is 5.71. The Morgan fingerprint density at radius 1 is 1.53 bits per heavy atom. The second-order valence-electron chi connectivity index (χ2n) is 5.75. The van der Waals surface area contributed by atoms with E-state index in [1.807, 2.05) is 6.07 Å². The van der Waals surface area contributed by atoms with E-state index in [9.17, 15) is 4.39 Å². The molecule has 3 rings (SSSR count). The van der Waals surface area contributed by atoms with Crippen LogP contribution in [0.3, 0.4) is 0 Å². The van der Waals surface area contributed by atoms with Crippen LogP contribution in [0.5, 0.6) is 0 Å². The summed E-state index contributed by atoms with van der Waals surface area (Å²) in [6, 6.07) is 5.22. The molecule has 92 valence electrons. The van der Waals surface area contributed by atoms with Crippen LogP contribution in [0.25, 0.3) is 0 Å². The molecule has 1 aliphatic carbocycles. The van der Waals surface area contributed by atoms with Gasteiger partial charge in [-0.3, -0.25) is 0 Å². The van der Waals surface area contributed by atoms with E-state index in [-0.39, 0.29) is 10.8 Å². The van der Waals surface area contributed by atoms with Crippen LogP contribution in [0.4, 0.5) is 4.39 Å². The first-order valence-electron chi connectivity index (χ1n) is 6.15. The van der Waals surface area contributed by atoms with Crippen LogP contribution >= 0.6 is 11.6 Å². The quantitative estimate of drug-likeness (QED) is 0.782. The Hall–Kier alpha value is -0.600. The van der Waals surface area contributed by atoms with E-state index in [1.165, 1.54) is 6.54 Å². The number of halogens is 2. The van der Waals surface area contributed by atoms with Gasteiger partial charge in [0, 0.05) is 13.1 Å². The number of benzene rings is 1. The molecule has 1 aromatic rings. The molecular weight excluding hydrogens is 237 g/mol. The van der Waals surface area contributed by atoms with E-state index in [4.69, 9.17) is 11.6 Å². The van der Waals surface area contributed by atoms with Crippen molar-refractivity contribution < 1.29 is 4.39 Å². The molecule has 0 amide bonds. The Kier molecular flexibility index (Phi) is 2.50. The average molecular weight is 254 g/mol. The molecule has 0 spiro atoms. The maximum atomic E-state index is 13.4. The maximum absolute atomic E-state index is 13.4. The van der Waals surface area contributed by atoms with E-state index in [0.29, 0.717) is 5.41 Å². The van der Waals surface area contributed by atoms with Crippen molar-refractivity contribution >= 4 is 11.6 Å². The van der Waals surface area contributed by atoms with Crippen LogP contribution in [0.2, 0.25) is 5.02 Å². The van der Waals surface area contributed by atoms with Gasteiger partial charge in [-0.2, -0.15) is 0 Å². The van der Waals surface area contributed by atoms with Gasteiger partial charge in [-0.1, -0.05) is 24.6 Å². The highest BCUT2D eigenvalue weighted by Gasteiger charge is 2.65. The van der Waals surface area contributed by atoms with Gasteiger partial charge in [0.05, 0.1) is 5.02 Å². The highest BCUT2D eigenvalue weighted by molar-refractivity contribution is 6.30. The van der Waals surface area contributed by atoms with Crippen LogP contribution in [-0.2, 0) is 6.42 Å². The molecule has 0 aromatic heterocycles. The molecule has 1 saturated carbocycles. The Labute approximate surface area is 107 Å². The molecule has 1 aromatic carbocycles. The molecule has 2 fully saturated rings. The van der Waals surface area contributed by atoms with Gasteiger partial charge in [0.1, 0.15) is 5.82 Å². The van der Waals surface area contributed by atoms with Crippen molar-refractivity contribution in [3.05, 3.63) is 34.6 Å². The van der Waals surface area contributed by atoms with Crippen molar-refractivity contribution in [3.8, 4) is 0 Å². The number of rotatable bonds is 2. The second kappa shape index (κ2) is 3.69. The Balaban J connectivity index is 1.81. The highest BCUT2D eigenvalue weighted by Crippen LogP contribution is 2.64. The topological polar surface area (TPSA) is 3.24 Å². The van der Waals surface area contributed by atoms with Gasteiger partial charge in [-0.05, 0) is 48.4 Å². The number of nitrogens with zero attached hydrogens (tertiary/aromatic N) is 1. The van der Waals surface area contributed by atoms with Crippen LogP contribution in [-0.4, -0.2) is 25.0 Å². The standard InChI is InChI=1S/C14H17ClFN/c1-9-11-7-17(2)8-14(9,11)6-10-3-4-12(15)13(16)5-10/h3-5,9,11H,6-8H2,1-2H3/t9?,11-,14-/m1/s1. The number of hydrogen-bond donors (Lipinski definition) is 0. The third kappa shape index (κ3) is 1.69. The molecule has 0 bridgehead atoms. The minimum Gasteiger partial charge on any atom is -0.305 e. The normalized spacial score (nSPS) is 36.0. The number of likely N-dealkylation sites (tertiary alicyclic amines) is 1. The third-order valence-electron chi connectivity index (χ3n) is 4.73. The predicted octanol–water partition coefficient (Wildman–Crippen LogP) is 3.22. The van der Waals surface area contributed by atoms with Gasteiger partial charge in [-0.15, -0.1) is 0 Å². The van der Waals surface area contributed by atoms with Crippen LogP contribution in [0.1, 0.15) is 12.5 Å². The molecule has 0 radical (unpaired) electrons. The summed E-state index contributed by atoms with van der Waals surface area (Å²) in [5, 5.41) is 0.218. The van der Waals surface area contributed by atoms with Crippen LogP contribution in [0, 0.1) is 23.1 Å². The third-order valence-corrected chi connectivity index (χ3v) is 5.04. The summed E-state index contributed by atoms with van der Waals surface area (Å²) in [6.45, 7) is 4.66. The lowest BCUT2D eigenvalue weighted by Gasteiger charge is -2.18. The zero-order valence-electron chi connectivity index (χ0n) is 10.2. The van der Waals surface area contributed by atoms with E-state index < -0.39 is 0 Å². The van der Waals surface area contributed by atoms with Gasteiger partial charge in [0.15, 0.2) is 0 Å². The van der Waals surface area contributed by atoms with E-state index in [2.05, 4.69) is 18.9 Å². The summed E-state index contributed by atoms with van der Waals surface area (Å²) in [7, 11) is 2.17. The van der Waals surface area contributed by atoms with Crippen molar-refractivity contribution in [3.63, 3.8) is 0 Å². The second-order valence-corrected chi connectivity index (χ2v) is 6.16. The van der Waals surface area contributed by atoms with Gasteiger partial charge in [0.25, 0.3) is 0 Å². The van der Waals surface area contributed by atoms with E-state index >= 15 is 0 Å². The smallest absolute Gasteiger partial charge is 0.142 e. The Bertz CT molecular complexity index is 462. The summed E-state index contributed by atoms with van der Waals surface area (Å²) in [5.41, 5.74) is 1.48. The van der Waals surface area contributed by atoms with Crippen molar-refractivity contribution in [2.75, 3.05) is 20.1 Å². The van der Waals surface area contributed by atoms with Crippen molar-refractivity contribution in [2.24, 2.45) is 17.3 Å². The largest absolute Gasteiger partial charge is 0.305 e. The fourth-order valence-corrected chi connectivity index (χ4v) is 3.80. The zero-order valence-corrected chi connectivity index (χ0v) is 11.0. The fourth-order valence-electron chi connectivity index (χ4n) is 3.68. The monoisotopic (exact) mass is 253 g/mol. The predicted molar refractivity (Wildman–Crippen MR) is 67.7 cm³/mol. The minimum atomic E-state index is -0.295. The summed E-state index contributed by atoms with van der Waals surface area (Å²) in [6.07, 6.45) is 0.983. The fraction of sp³-hybridized carbons (Fsp3) is 0.571. The number of fused-ring (bicyclic) bond motifs is 1. The molecule has 2 aliphatic rings. The number of piperidine rings is 1. The van der Waals surface area contributed by atoms with Crippen LogP contribution < -0.4 is 0 Å². The Morgan fingerprint density at radius 3 is 2.94 bits per heavy atom. The lowest BCUT2D eigenvalue weighted by molar-refractivity contribution is 0.306. The molecule has 3 atom stereocenters. The van der Waals surface area contributed by atoms with Gasteiger partial charge < -0.3 is 4.90 Å². The summed E-state index contributed by atoms with van der Waals surface area (Å²) in [4.78, 5) is 2.39. The lowest BCUT2D eigenvalue weighted by atomic mass is 9.94. The van der Waals surface area contributed by atoms with Gasteiger partial charge >= 0.3 is 0 Å². The molecule has 1 aliphatic heterocycles. The highest BCUT2D eigenvalue weighted by atomic mass is 35.5. The summed E-state index contributed by atoms with van der Waals surface area (Å²) < 4.78 is 13.4. The zero-order chi connectivity index (χ0) is 12.2. The van der Waals surface area contributed by atoms with Crippen molar-refractivity contribution in [1.29, 1.82) is 0 Å². The van der Waals surface area contributed by atoms with Crippen molar-refractivity contribution in [2.45, 2.75) is 13.3 Å². The Morgan fingerprint density at radius 2 is 2.29 bits per heavy atom. The molecule has 17 heavy (non-hydrogen) atoms. The molecule has 0 N–H and O–H groups in total. The molecule has 1 saturated heterocycles. The van der Waals surface area contributed by atoms with Gasteiger partial charge in [-0.25, -0.2) is 4.39 Å². The molecule has 1 unspecified atom stereocenters. The first-order valence-corrected chi connectivity index (χ1v) is 6.53. The van der Waals surface area contributed by atoms with Crippen LogP contribution in [0.15, 0.2) is 18.2 Å². The molecule has 1 nitrogen and oxygen atoms in total. The van der Waals surface area contributed by atoms with Crippen molar-refractivity contribution in [1.82, 2.24) is 4.90 Å². The number of hydrogen-bond acceptors (Lipinski definition) is 1. The molecule has 3 heteroatoms. The maximum Gasteiger partial charge on any atom is 0.142 e. The van der Waals surface area contributed by atoms with Gasteiger partial charge in [0.2, 0.25) is 0 Å². The van der Waals surface area contributed by atoms with E-state index in [1.54, 1.807) is 12.1 Å². The first kappa shape index (κ1) is 11.5. The SMILES string of the molecule is CC1[C@H]2CN(C)C[C@]12Cc1ccc(Cl)c(F)c1. The average Bonchev–Trinajstić information content (AvgIpc) is 2.66.